The maximum Gasteiger partial charge on any atom is 0.123 e. The van der Waals surface area contributed by atoms with Crippen LogP contribution in [0.5, 0.6) is 5.75 Å². The molecule has 136 valence electrons. The minimum Gasteiger partial charge on any atom is -0.489 e. The molecule has 1 heterocycles. The highest BCUT2D eigenvalue weighted by molar-refractivity contribution is 7.09. The summed E-state index contributed by atoms with van der Waals surface area (Å²) in [6.07, 6.45) is 0.828. The fourth-order valence-electron chi connectivity index (χ4n) is 2.82. The van der Waals surface area contributed by atoms with Crippen LogP contribution in [-0.2, 0) is 18.4 Å². The molecule has 2 aromatic carbocycles. The molecule has 3 aromatic rings. The van der Waals surface area contributed by atoms with Gasteiger partial charge in [-0.3, -0.25) is 0 Å². The minimum absolute atomic E-state index is 0.0157. The molecule has 2 N–H and O–H groups in total. The third kappa shape index (κ3) is 4.51. The molecule has 0 bridgehead atoms. The van der Waals surface area contributed by atoms with Gasteiger partial charge in [0.1, 0.15) is 12.4 Å². The van der Waals surface area contributed by atoms with E-state index in [1.807, 2.05) is 18.2 Å². The van der Waals surface area contributed by atoms with Gasteiger partial charge in [-0.05, 0) is 35.7 Å². The second-order valence-corrected chi connectivity index (χ2v) is 8.34. The molecule has 0 fully saturated rings. The second-order valence-electron chi connectivity index (χ2n) is 7.40. The Balaban J connectivity index is 1.88. The molecule has 0 spiro atoms. The summed E-state index contributed by atoms with van der Waals surface area (Å²) in [5.41, 5.74) is 10.1. The molecule has 1 aromatic heterocycles. The molecule has 0 unspecified atom stereocenters. The first-order valence-corrected chi connectivity index (χ1v) is 9.81. The zero-order valence-corrected chi connectivity index (χ0v) is 16.5. The third-order valence-electron chi connectivity index (χ3n) is 4.23. The Kier molecular flexibility index (Phi) is 5.74. The van der Waals surface area contributed by atoms with Crippen molar-refractivity contribution in [2.75, 3.05) is 6.54 Å². The predicted molar refractivity (Wildman–Crippen MR) is 110 cm³/mol. The Morgan fingerprint density at radius 1 is 1.08 bits per heavy atom. The zero-order valence-electron chi connectivity index (χ0n) is 15.7. The molecule has 0 aliphatic rings. The van der Waals surface area contributed by atoms with Crippen LogP contribution in [0.2, 0.25) is 0 Å². The van der Waals surface area contributed by atoms with Crippen molar-refractivity contribution in [3.05, 3.63) is 70.0 Å². The molecule has 0 aliphatic heterocycles. The first-order valence-electron chi connectivity index (χ1n) is 8.93. The van der Waals surface area contributed by atoms with Crippen molar-refractivity contribution in [1.29, 1.82) is 0 Å². The summed E-state index contributed by atoms with van der Waals surface area (Å²) in [6.45, 7) is 7.83. The number of hydrogen-bond acceptors (Lipinski definition) is 4. The van der Waals surface area contributed by atoms with Crippen molar-refractivity contribution in [3.8, 4) is 17.0 Å². The molecule has 0 radical (unpaired) electrons. The monoisotopic (exact) mass is 366 g/mol. The SMILES string of the molecule is CC(C)(C)c1cc(-c2csc(CCN)n2)ccc1OCc1ccccc1. The van der Waals surface area contributed by atoms with Gasteiger partial charge in [0.2, 0.25) is 0 Å². The first kappa shape index (κ1) is 18.6. The lowest BCUT2D eigenvalue weighted by molar-refractivity contribution is 0.297. The molecular weight excluding hydrogens is 340 g/mol. The van der Waals surface area contributed by atoms with Gasteiger partial charge in [0.25, 0.3) is 0 Å². The average Bonchev–Trinajstić information content (AvgIpc) is 3.09. The largest absolute Gasteiger partial charge is 0.489 e. The number of nitrogens with zero attached hydrogens (tertiary/aromatic N) is 1. The Labute approximate surface area is 159 Å². The molecule has 3 rings (SSSR count). The van der Waals surface area contributed by atoms with Crippen molar-refractivity contribution in [2.45, 2.75) is 39.2 Å². The highest BCUT2D eigenvalue weighted by Crippen LogP contribution is 2.35. The zero-order chi connectivity index (χ0) is 18.6. The van der Waals surface area contributed by atoms with E-state index in [1.165, 1.54) is 11.1 Å². The summed E-state index contributed by atoms with van der Waals surface area (Å²) >= 11 is 1.67. The van der Waals surface area contributed by atoms with Crippen LogP contribution in [0.1, 0.15) is 36.9 Å². The van der Waals surface area contributed by atoms with Gasteiger partial charge in [-0.1, -0.05) is 51.1 Å². The van der Waals surface area contributed by atoms with E-state index in [1.54, 1.807) is 11.3 Å². The maximum atomic E-state index is 6.15. The van der Waals surface area contributed by atoms with E-state index >= 15 is 0 Å². The van der Waals surface area contributed by atoms with E-state index in [2.05, 4.69) is 56.5 Å². The highest BCUT2D eigenvalue weighted by Gasteiger charge is 2.20. The number of hydrogen-bond donors (Lipinski definition) is 1. The summed E-state index contributed by atoms with van der Waals surface area (Å²) in [5.74, 6) is 0.933. The van der Waals surface area contributed by atoms with Gasteiger partial charge in [-0.25, -0.2) is 4.98 Å². The van der Waals surface area contributed by atoms with Crippen molar-refractivity contribution >= 4 is 11.3 Å². The fourth-order valence-corrected chi connectivity index (χ4v) is 3.64. The van der Waals surface area contributed by atoms with Crippen LogP contribution < -0.4 is 10.5 Å². The van der Waals surface area contributed by atoms with Gasteiger partial charge in [-0.15, -0.1) is 11.3 Å². The molecule has 0 amide bonds. The summed E-state index contributed by atoms with van der Waals surface area (Å²) in [4.78, 5) is 4.71. The molecule has 0 saturated carbocycles. The molecule has 0 saturated heterocycles. The molecule has 0 aliphatic carbocycles. The van der Waals surface area contributed by atoms with Gasteiger partial charge < -0.3 is 10.5 Å². The lowest BCUT2D eigenvalue weighted by atomic mass is 9.85. The molecule has 4 heteroatoms. The third-order valence-corrected chi connectivity index (χ3v) is 5.14. The van der Waals surface area contributed by atoms with E-state index in [0.29, 0.717) is 13.2 Å². The number of rotatable bonds is 6. The number of thiazole rings is 1. The summed E-state index contributed by atoms with van der Waals surface area (Å²) in [7, 11) is 0. The maximum absolute atomic E-state index is 6.15. The van der Waals surface area contributed by atoms with Crippen LogP contribution in [0.25, 0.3) is 11.3 Å². The lowest BCUT2D eigenvalue weighted by Gasteiger charge is -2.23. The van der Waals surface area contributed by atoms with Gasteiger partial charge in [0.15, 0.2) is 0 Å². The summed E-state index contributed by atoms with van der Waals surface area (Å²) in [6, 6.07) is 16.6. The molecule has 26 heavy (non-hydrogen) atoms. The smallest absolute Gasteiger partial charge is 0.123 e. The second kappa shape index (κ2) is 8.02. The molecular formula is C22H26N2OS. The summed E-state index contributed by atoms with van der Waals surface area (Å²) in [5, 5.41) is 3.20. The van der Waals surface area contributed by atoms with Crippen molar-refractivity contribution in [2.24, 2.45) is 5.73 Å². The van der Waals surface area contributed by atoms with Crippen LogP contribution in [0.3, 0.4) is 0 Å². The highest BCUT2D eigenvalue weighted by atomic mass is 32.1. The minimum atomic E-state index is -0.0157. The first-order chi connectivity index (χ1) is 12.5. The Bertz CT molecular complexity index is 850. The van der Waals surface area contributed by atoms with Crippen molar-refractivity contribution in [1.82, 2.24) is 4.98 Å². The Hall–Kier alpha value is -2.17. The van der Waals surface area contributed by atoms with E-state index in [9.17, 15) is 0 Å². The van der Waals surface area contributed by atoms with Crippen LogP contribution in [0.15, 0.2) is 53.9 Å². The van der Waals surface area contributed by atoms with E-state index < -0.39 is 0 Å². The molecule has 3 nitrogen and oxygen atoms in total. The fraction of sp³-hybridized carbons (Fsp3) is 0.318. The number of ether oxygens (including phenoxy) is 1. The van der Waals surface area contributed by atoms with Crippen molar-refractivity contribution in [3.63, 3.8) is 0 Å². The normalized spacial score (nSPS) is 11.5. The average molecular weight is 367 g/mol. The Morgan fingerprint density at radius 2 is 1.85 bits per heavy atom. The Morgan fingerprint density at radius 3 is 2.54 bits per heavy atom. The van der Waals surface area contributed by atoms with E-state index in [-0.39, 0.29) is 5.41 Å². The predicted octanol–water partition coefficient (Wildman–Crippen LogP) is 5.19. The standard InChI is InChI=1S/C22H26N2OS/c1-22(2,3)18-13-17(19-15-26-21(24-19)11-12-23)9-10-20(18)25-14-16-7-5-4-6-8-16/h4-10,13,15H,11-12,14,23H2,1-3H3. The topological polar surface area (TPSA) is 48.1 Å². The van der Waals surface area contributed by atoms with Gasteiger partial charge in [0, 0.05) is 22.9 Å². The molecule has 0 atom stereocenters. The van der Waals surface area contributed by atoms with Gasteiger partial charge in [-0.2, -0.15) is 0 Å². The van der Waals surface area contributed by atoms with Crippen molar-refractivity contribution < 1.29 is 4.74 Å². The van der Waals surface area contributed by atoms with E-state index in [4.69, 9.17) is 15.5 Å². The van der Waals surface area contributed by atoms with Gasteiger partial charge in [0.05, 0.1) is 10.7 Å². The summed E-state index contributed by atoms with van der Waals surface area (Å²) < 4.78 is 6.15. The van der Waals surface area contributed by atoms with E-state index in [0.717, 1.165) is 28.4 Å². The van der Waals surface area contributed by atoms with Crippen LogP contribution >= 0.6 is 11.3 Å². The van der Waals surface area contributed by atoms with Gasteiger partial charge >= 0.3 is 0 Å². The lowest BCUT2D eigenvalue weighted by Crippen LogP contribution is -2.13. The number of benzene rings is 2. The quantitative estimate of drug-likeness (QED) is 0.653. The number of aromatic nitrogens is 1. The number of nitrogens with two attached hydrogens (primary N) is 1. The van der Waals surface area contributed by atoms with Crippen LogP contribution in [0.4, 0.5) is 0 Å². The van der Waals surface area contributed by atoms with Crippen LogP contribution in [0, 0.1) is 0 Å². The van der Waals surface area contributed by atoms with Crippen LogP contribution in [-0.4, -0.2) is 11.5 Å².